The Morgan fingerprint density at radius 2 is 1.84 bits per heavy atom. The number of phenols is 1. The number of hydrogen-bond acceptors (Lipinski definition) is 6. The molecule has 2 unspecified atom stereocenters. The molecule has 0 saturated heterocycles. The quantitative estimate of drug-likeness (QED) is 0.568. The largest absolute Gasteiger partial charge is 0.505 e. The van der Waals surface area contributed by atoms with Crippen LogP contribution in [0.25, 0.3) is 0 Å². The zero-order valence-electron chi connectivity index (χ0n) is 19.0. The number of para-hydroxylation sites is 1. The maximum Gasteiger partial charge on any atom is 0.269 e. The molecular weight excluding hydrogens is 430 g/mol. The third-order valence-electron chi connectivity index (χ3n) is 5.06. The smallest absolute Gasteiger partial charge is 0.269 e. The predicted molar refractivity (Wildman–Crippen MR) is 126 cm³/mol. The maximum absolute atomic E-state index is 12.3. The van der Waals surface area contributed by atoms with E-state index in [0.717, 1.165) is 11.3 Å². The molecule has 0 bridgehead atoms. The van der Waals surface area contributed by atoms with Crippen molar-refractivity contribution in [2.75, 3.05) is 19.4 Å². The summed E-state index contributed by atoms with van der Waals surface area (Å²) in [6.45, 7) is 8.25. The maximum atomic E-state index is 12.3. The first-order valence-corrected chi connectivity index (χ1v) is 11.4. The van der Waals surface area contributed by atoms with Crippen LogP contribution in [0.15, 0.2) is 43.7 Å². The zero-order chi connectivity index (χ0) is 23.6. The Hall–Kier alpha value is -3.14. The molecule has 0 radical (unpaired) electrons. The summed E-state index contributed by atoms with van der Waals surface area (Å²) in [6, 6.07) is 6.54. The summed E-state index contributed by atoms with van der Waals surface area (Å²) in [5.74, 6) is 1.13. The number of aromatic hydroxyl groups is 1. The number of furan rings is 1. The van der Waals surface area contributed by atoms with Crippen molar-refractivity contribution in [3.63, 3.8) is 0 Å². The van der Waals surface area contributed by atoms with Crippen molar-refractivity contribution in [3.05, 3.63) is 47.4 Å². The lowest BCUT2D eigenvalue weighted by molar-refractivity contribution is 0.0824. The lowest BCUT2D eigenvalue weighted by Gasteiger charge is -2.22. The molecule has 2 heterocycles. The van der Waals surface area contributed by atoms with E-state index in [9.17, 15) is 14.1 Å². The molecule has 1 aliphatic rings. The highest BCUT2D eigenvalue weighted by Gasteiger charge is 2.28. The van der Waals surface area contributed by atoms with Crippen LogP contribution in [0.4, 0.5) is 5.69 Å². The van der Waals surface area contributed by atoms with E-state index in [1.54, 1.807) is 32.5 Å². The molecule has 9 nitrogen and oxygen atoms in total. The number of anilines is 1. The Balaban J connectivity index is 1.85. The number of phenolic OH excluding ortho intramolecular Hbond substituents is 1. The number of rotatable bonds is 6. The number of hydrogen-bond donors (Lipinski definition) is 3. The molecule has 1 aliphatic heterocycles. The summed E-state index contributed by atoms with van der Waals surface area (Å²) in [5, 5.41) is 16.8. The fourth-order valence-electron chi connectivity index (χ4n) is 3.17. The van der Waals surface area contributed by atoms with Gasteiger partial charge in [0.05, 0.1) is 23.6 Å². The van der Waals surface area contributed by atoms with Gasteiger partial charge in [-0.3, -0.25) is 4.79 Å². The second kappa shape index (κ2) is 9.56. The van der Waals surface area contributed by atoms with Crippen LogP contribution < -0.4 is 10.6 Å². The van der Waals surface area contributed by atoms with Crippen LogP contribution in [0, 0.1) is 5.92 Å². The van der Waals surface area contributed by atoms with Gasteiger partial charge in [0.2, 0.25) is 0 Å². The summed E-state index contributed by atoms with van der Waals surface area (Å²) < 4.78 is 26.0. The van der Waals surface area contributed by atoms with Gasteiger partial charge in [-0.25, -0.2) is 4.21 Å². The highest BCUT2D eigenvalue weighted by molar-refractivity contribution is 7.83. The molecule has 0 saturated carbocycles. The number of nitrogens with one attached hydrogen (secondary N) is 2. The third kappa shape index (κ3) is 5.01. The number of carbonyl (C=O) groups is 1. The fourth-order valence-corrected chi connectivity index (χ4v) is 3.80. The molecule has 3 rings (SSSR count). The summed E-state index contributed by atoms with van der Waals surface area (Å²) in [4.78, 5) is 13.7. The SMILES string of the molecule is CC(C)c1coc(C(NC2=NS(=O)N=C2Nc2cccc(C(=O)N(C)C)c2O)C(C)C)c1. The highest BCUT2D eigenvalue weighted by atomic mass is 32.2. The molecule has 1 aromatic carbocycles. The van der Waals surface area contributed by atoms with Crippen LogP contribution in [0.2, 0.25) is 0 Å². The van der Waals surface area contributed by atoms with Crippen molar-refractivity contribution in [1.29, 1.82) is 0 Å². The van der Waals surface area contributed by atoms with E-state index in [2.05, 4.69) is 33.3 Å². The van der Waals surface area contributed by atoms with Crippen molar-refractivity contribution in [2.24, 2.45) is 14.7 Å². The number of nitrogens with zero attached hydrogens (tertiary/aromatic N) is 3. The van der Waals surface area contributed by atoms with Crippen LogP contribution in [0.3, 0.4) is 0 Å². The zero-order valence-corrected chi connectivity index (χ0v) is 19.9. The van der Waals surface area contributed by atoms with Crippen LogP contribution >= 0.6 is 0 Å². The first kappa shape index (κ1) is 23.5. The Labute approximate surface area is 190 Å². The minimum absolute atomic E-state index is 0.133. The molecule has 3 N–H and O–H groups in total. The summed E-state index contributed by atoms with van der Waals surface area (Å²) >= 11 is -1.81. The van der Waals surface area contributed by atoms with Crippen LogP contribution in [-0.4, -0.2) is 45.9 Å². The molecule has 172 valence electrons. The van der Waals surface area contributed by atoms with Gasteiger partial charge >= 0.3 is 0 Å². The summed E-state index contributed by atoms with van der Waals surface area (Å²) in [7, 11) is 3.21. The summed E-state index contributed by atoms with van der Waals surface area (Å²) in [6.07, 6.45) is 1.74. The molecule has 32 heavy (non-hydrogen) atoms. The average molecular weight is 460 g/mol. The molecule has 1 aromatic heterocycles. The molecule has 10 heteroatoms. The van der Waals surface area contributed by atoms with Gasteiger partial charge in [0, 0.05) is 14.1 Å². The van der Waals surface area contributed by atoms with Gasteiger partial charge in [0.15, 0.2) is 17.4 Å². The molecular formula is C22H29N5O4S. The second-order valence-electron chi connectivity index (χ2n) is 8.44. The molecule has 2 aromatic rings. The minimum Gasteiger partial charge on any atom is -0.505 e. The van der Waals surface area contributed by atoms with Gasteiger partial charge in [-0.05, 0) is 35.6 Å². The van der Waals surface area contributed by atoms with E-state index in [4.69, 9.17) is 4.42 Å². The Bertz CT molecular complexity index is 1090. The van der Waals surface area contributed by atoms with Crippen LogP contribution in [-0.2, 0) is 11.2 Å². The Kier molecular flexibility index (Phi) is 7.02. The fraction of sp³-hybridized carbons (Fsp3) is 0.409. The van der Waals surface area contributed by atoms with Crippen LogP contribution in [0.1, 0.15) is 61.3 Å². The third-order valence-corrected chi connectivity index (χ3v) is 5.74. The van der Waals surface area contributed by atoms with Gasteiger partial charge in [-0.2, -0.15) is 0 Å². The number of amidine groups is 2. The number of benzene rings is 1. The first-order valence-electron chi connectivity index (χ1n) is 10.3. The monoisotopic (exact) mass is 459 g/mol. The molecule has 0 fully saturated rings. The van der Waals surface area contributed by atoms with Gasteiger partial charge in [-0.1, -0.05) is 33.8 Å². The highest BCUT2D eigenvalue weighted by Crippen LogP contribution is 2.30. The van der Waals surface area contributed by atoms with E-state index in [0.29, 0.717) is 5.92 Å². The minimum atomic E-state index is -1.81. The average Bonchev–Trinajstić information content (AvgIpc) is 3.33. The van der Waals surface area contributed by atoms with E-state index >= 15 is 0 Å². The van der Waals surface area contributed by atoms with E-state index in [-0.39, 0.29) is 46.5 Å². The summed E-state index contributed by atoms with van der Waals surface area (Å²) in [5.41, 5.74) is 1.48. The number of carbonyl (C=O) groups excluding carboxylic acids is 1. The lowest BCUT2D eigenvalue weighted by atomic mass is 9.99. The lowest BCUT2D eigenvalue weighted by Crippen LogP contribution is -2.38. The molecule has 2 atom stereocenters. The van der Waals surface area contributed by atoms with Crippen molar-refractivity contribution in [1.82, 2.24) is 10.2 Å². The molecule has 0 spiro atoms. The molecule has 0 aliphatic carbocycles. The van der Waals surface area contributed by atoms with Gasteiger partial charge in [0.1, 0.15) is 5.76 Å². The topological polar surface area (TPSA) is 120 Å². The Morgan fingerprint density at radius 1 is 1.16 bits per heavy atom. The van der Waals surface area contributed by atoms with E-state index in [1.807, 2.05) is 19.9 Å². The van der Waals surface area contributed by atoms with E-state index in [1.165, 1.54) is 11.0 Å². The van der Waals surface area contributed by atoms with Crippen molar-refractivity contribution < 1.29 is 18.5 Å². The van der Waals surface area contributed by atoms with Gasteiger partial charge in [-0.15, -0.1) is 8.80 Å². The van der Waals surface area contributed by atoms with Crippen LogP contribution in [0.5, 0.6) is 5.75 Å². The molecule has 1 amide bonds. The van der Waals surface area contributed by atoms with Gasteiger partial charge < -0.3 is 25.1 Å². The first-order chi connectivity index (χ1) is 15.1. The predicted octanol–water partition coefficient (Wildman–Crippen LogP) is 3.60. The van der Waals surface area contributed by atoms with Crippen molar-refractivity contribution in [2.45, 2.75) is 39.7 Å². The van der Waals surface area contributed by atoms with Gasteiger partial charge in [0.25, 0.3) is 17.1 Å². The number of amides is 1. The van der Waals surface area contributed by atoms with E-state index < -0.39 is 11.2 Å². The van der Waals surface area contributed by atoms with Crippen molar-refractivity contribution >= 4 is 34.4 Å². The second-order valence-corrected chi connectivity index (χ2v) is 9.27. The normalized spacial score (nSPS) is 16.7. The Morgan fingerprint density at radius 3 is 2.44 bits per heavy atom. The standard InChI is InChI=1S/C22H29N5O4S/c1-12(2)14-10-17(31-11-14)18(13(3)4)24-21-20(25-32(30)26-21)23-16-9-7-8-15(19(16)28)22(29)27(5)6/h7-13,18,28H,1-6H3,(H,23,25)(H,24,26). The van der Waals surface area contributed by atoms with Crippen molar-refractivity contribution in [3.8, 4) is 5.75 Å².